The Morgan fingerprint density at radius 2 is 2.40 bits per heavy atom. The maximum Gasteiger partial charge on any atom is 0.308 e. The minimum atomic E-state index is -0.640. The fourth-order valence-corrected chi connectivity index (χ4v) is 0.973. The number of carbonyl (C=O) groups excluding carboxylic acids is 1. The second kappa shape index (κ2) is 2.98. The van der Waals surface area contributed by atoms with Crippen molar-refractivity contribution in [3.63, 3.8) is 0 Å². The molecule has 4 nitrogen and oxygen atoms in total. The summed E-state index contributed by atoms with van der Waals surface area (Å²) in [6, 6.07) is 0. The molecule has 0 aromatic heterocycles. The van der Waals surface area contributed by atoms with E-state index in [9.17, 15) is 4.79 Å². The van der Waals surface area contributed by atoms with E-state index in [-0.39, 0.29) is 13.0 Å². The quantitative estimate of drug-likeness (QED) is 0.468. The molecule has 0 amide bonds. The van der Waals surface area contributed by atoms with Crippen LogP contribution in [0.3, 0.4) is 0 Å². The first kappa shape index (κ1) is 7.50. The van der Waals surface area contributed by atoms with Crippen LogP contribution in [0.15, 0.2) is 0 Å². The van der Waals surface area contributed by atoms with Crippen molar-refractivity contribution in [2.75, 3.05) is 6.61 Å². The monoisotopic (exact) mass is 146 g/mol. The highest BCUT2D eigenvalue weighted by Gasteiger charge is 2.26. The fraction of sp³-hybridized carbons (Fsp3) is 0.833. The van der Waals surface area contributed by atoms with Crippen LogP contribution in [0.5, 0.6) is 0 Å². The van der Waals surface area contributed by atoms with Crippen LogP contribution in [-0.2, 0) is 9.53 Å². The Hall–Kier alpha value is -0.610. The molecule has 1 unspecified atom stereocenters. The summed E-state index contributed by atoms with van der Waals surface area (Å²) in [6.07, 6.45) is -0.742. The summed E-state index contributed by atoms with van der Waals surface area (Å²) in [6.45, 7) is -0.206. The molecule has 1 aliphatic heterocycles. The van der Waals surface area contributed by atoms with Crippen molar-refractivity contribution < 1.29 is 19.7 Å². The van der Waals surface area contributed by atoms with E-state index in [1.165, 1.54) is 0 Å². The van der Waals surface area contributed by atoms with Crippen LogP contribution in [0, 0.1) is 0 Å². The highest BCUT2D eigenvalue weighted by molar-refractivity contribution is 5.70. The van der Waals surface area contributed by atoms with Crippen LogP contribution in [0.25, 0.3) is 0 Å². The topological polar surface area (TPSA) is 66.8 Å². The summed E-state index contributed by atoms with van der Waals surface area (Å²) in [5.74, 6) is -0.433. The maximum absolute atomic E-state index is 10.5. The van der Waals surface area contributed by atoms with Crippen LogP contribution >= 0.6 is 0 Å². The smallest absolute Gasteiger partial charge is 0.308 e. The Morgan fingerprint density at radius 3 is 2.90 bits per heavy atom. The van der Waals surface area contributed by atoms with E-state index in [0.717, 1.165) is 0 Å². The SMILES string of the molecule is O=C1C[C@@H](O)CC(CO)O1. The molecule has 2 N–H and O–H groups in total. The molecule has 1 heterocycles. The van der Waals surface area contributed by atoms with Gasteiger partial charge in [0.2, 0.25) is 0 Å². The molecule has 58 valence electrons. The molecule has 1 fully saturated rings. The molecule has 1 rings (SSSR count). The van der Waals surface area contributed by atoms with Gasteiger partial charge in [-0.3, -0.25) is 4.79 Å². The van der Waals surface area contributed by atoms with Crippen molar-refractivity contribution in [3.05, 3.63) is 0 Å². The first-order chi connectivity index (χ1) is 4.72. The molecule has 0 aromatic carbocycles. The Balaban J connectivity index is 2.42. The predicted molar refractivity (Wildman–Crippen MR) is 32.2 cm³/mol. The lowest BCUT2D eigenvalue weighted by molar-refractivity contribution is -0.162. The van der Waals surface area contributed by atoms with E-state index in [1.807, 2.05) is 0 Å². The van der Waals surface area contributed by atoms with Crippen molar-refractivity contribution in [2.24, 2.45) is 0 Å². The summed E-state index contributed by atoms with van der Waals surface area (Å²) < 4.78 is 4.66. The van der Waals surface area contributed by atoms with Crippen LogP contribution < -0.4 is 0 Å². The lowest BCUT2D eigenvalue weighted by atomic mass is 10.1. The standard InChI is InChI=1S/C6H10O4/c7-3-5-1-4(8)2-6(9)10-5/h4-5,7-8H,1-3H2/t4-,5?/m0/s1. The molecule has 0 aliphatic carbocycles. The van der Waals surface area contributed by atoms with E-state index in [2.05, 4.69) is 4.74 Å². The highest BCUT2D eigenvalue weighted by atomic mass is 16.6. The number of rotatable bonds is 1. The van der Waals surface area contributed by atoms with E-state index in [4.69, 9.17) is 10.2 Å². The normalized spacial score (nSPS) is 33.6. The van der Waals surface area contributed by atoms with Crippen LogP contribution in [0.4, 0.5) is 0 Å². The maximum atomic E-state index is 10.5. The third-order valence-electron chi connectivity index (χ3n) is 1.44. The zero-order valence-electron chi connectivity index (χ0n) is 5.49. The lowest BCUT2D eigenvalue weighted by Crippen LogP contribution is -2.34. The summed E-state index contributed by atoms with van der Waals surface area (Å²) in [4.78, 5) is 10.5. The highest BCUT2D eigenvalue weighted by Crippen LogP contribution is 2.13. The zero-order valence-corrected chi connectivity index (χ0v) is 5.49. The molecule has 0 saturated carbocycles. The third kappa shape index (κ3) is 1.68. The fourth-order valence-electron chi connectivity index (χ4n) is 0.973. The van der Waals surface area contributed by atoms with Crippen LogP contribution in [0.1, 0.15) is 12.8 Å². The number of hydrogen-bond donors (Lipinski definition) is 2. The van der Waals surface area contributed by atoms with Gasteiger partial charge in [0, 0.05) is 6.42 Å². The summed E-state index contributed by atoms with van der Waals surface area (Å²) in [5, 5.41) is 17.5. The van der Waals surface area contributed by atoms with Gasteiger partial charge in [0.1, 0.15) is 6.10 Å². The van der Waals surface area contributed by atoms with Gasteiger partial charge in [-0.05, 0) is 0 Å². The Labute approximate surface area is 58.4 Å². The number of ether oxygens (including phenoxy) is 1. The summed E-state index contributed by atoms with van der Waals surface area (Å²) in [5.41, 5.74) is 0. The molecule has 2 atom stereocenters. The molecular weight excluding hydrogens is 136 g/mol. The lowest BCUT2D eigenvalue weighted by Gasteiger charge is -2.23. The molecular formula is C6H10O4. The van der Waals surface area contributed by atoms with Crippen molar-refractivity contribution in [1.82, 2.24) is 0 Å². The molecule has 0 radical (unpaired) electrons. The zero-order chi connectivity index (χ0) is 7.56. The van der Waals surface area contributed by atoms with Crippen molar-refractivity contribution >= 4 is 5.97 Å². The van der Waals surface area contributed by atoms with Gasteiger partial charge in [0.25, 0.3) is 0 Å². The van der Waals surface area contributed by atoms with Gasteiger partial charge < -0.3 is 14.9 Å². The van der Waals surface area contributed by atoms with Gasteiger partial charge in [-0.15, -0.1) is 0 Å². The number of carbonyl (C=O) groups is 1. The molecule has 4 heteroatoms. The first-order valence-electron chi connectivity index (χ1n) is 3.20. The number of esters is 1. The molecule has 1 aliphatic rings. The number of aliphatic hydroxyl groups is 2. The number of hydrogen-bond acceptors (Lipinski definition) is 4. The van der Waals surface area contributed by atoms with Crippen LogP contribution in [-0.4, -0.2) is 35.0 Å². The Morgan fingerprint density at radius 1 is 1.70 bits per heavy atom. The van der Waals surface area contributed by atoms with E-state index in [0.29, 0.717) is 6.42 Å². The average Bonchev–Trinajstić information content (AvgIpc) is 1.85. The molecule has 1 saturated heterocycles. The third-order valence-corrected chi connectivity index (χ3v) is 1.44. The Kier molecular flexibility index (Phi) is 2.24. The number of cyclic esters (lactones) is 1. The van der Waals surface area contributed by atoms with E-state index < -0.39 is 18.2 Å². The average molecular weight is 146 g/mol. The predicted octanol–water partition coefficient (Wildman–Crippen LogP) is -0.955. The van der Waals surface area contributed by atoms with Gasteiger partial charge in [0.15, 0.2) is 0 Å². The van der Waals surface area contributed by atoms with Gasteiger partial charge >= 0.3 is 5.97 Å². The van der Waals surface area contributed by atoms with E-state index >= 15 is 0 Å². The first-order valence-corrected chi connectivity index (χ1v) is 3.20. The van der Waals surface area contributed by atoms with Gasteiger partial charge in [-0.2, -0.15) is 0 Å². The second-order valence-corrected chi connectivity index (χ2v) is 2.39. The Bertz CT molecular complexity index is 134. The minimum Gasteiger partial charge on any atom is -0.460 e. The van der Waals surface area contributed by atoms with Gasteiger partial charge in [-0.1, -0.05) is 0 Å². The molecule has 0 spiro atoms. The molecule has 10 heavy (non-hydrogen) atoms. The van der Waals surface area contributed by atoms with Crippen molar-refractivity contribution in [1.29, 1.82) is 0 Å². The molecule has 0 bridgehead atoms. The largest absolute Gasteiger partial charge is 0.460 e. The molecule has 0 aromatic rings. The number of aliphatic hydroxyl groups excluding tert-OH is 2. The minimum absolute atomic E-state index is 0.0521. The van der Waals surface area contributed by atoms with Gasteiger partial charge in [-0.25, -0.2) is 0 Å². The van der Waals surface area contributed by atoms with Crippen molar-refractivity contribution in [3.8, 4) is 0 Å². The van der Waals surface area contributed by atoms with Crippen LogP contribution in [0.2, 0.25) is 0 Å². The van der Waals surface area contributed by atoms with E-state index in [1.54, 1.807) is 0 Å². The summed E-state index contributed by atoms with van der Waals surface area (Å²) >= 11 is 0. The summed E-state index contributed by atoms with van der Waals surface area (Å²) in [7, 11) is 0. The van der Waals surface area contributed by atoms with Crippen molar-refractivity contribution in [2.45, 2.75) is 25.0 Å². The second-order valence-electron chi connectivity index (χ2n) is 2.39. The van der Waals surface area contributed by atoms with Gasteiger partial charge in [0.05, 0.1) is 19.1 Å².